The number of aryl methyl sites for hydroxylation is 1. The Hall–Kier alpha value is -1.66. The molecule has 1 aromatic heterocycles. The van der Waals surface area contributed by atoms with Crippen LogP contribution in [0.15, 0.2) is 45.8 Å². The van der Waals surface area contributed by atoms with Crippen molar-refractivity contribution < 1.29 is 8.42 Å². The normalized spacial score (nSPS) is 12.0. The van der Waals surface area contributed by atoms with Gasteiger partial charge in [0.1, 0.15) is 11.3 Å². The highest BCUT2D eigenvalue weighted by Gasteiger charge is 2.16. The molecule has 0 aliphatic heterocycles. The van der Waals surface area contributed by atoms with Gasteiger partial charge in [-0.25, -0.2) is 13.4 Å². The molecule has 0 fully saturated rings. The van der Waals surface area contributed by atoms with E-state index < -0.39 is 9.84 Å². The molecule has 0 amide bonds. The van der Waals surface area contributed by atoms with Gasteiger partial charge in [-0.15, -0.1) is 0 Å². The minimum Gasteiger partial charge on any atom is -0.338 e. The van der Waals surface area contributed by atoms with E-state index in [2.05, 4.69) is 25.9 Å². The molecule has 0 unspecified atom stereocenters. The quantitative estimate of drug-likeness (QED) is 0.753. The van der Waals surface area contributed by atoms with E-state index in [-0.39, 0.29) is 4.90 Å². The lowest BCUT2D eigenvalue weighted by Gasteiger charge is -2.02. The third-order valence-electron chi connectivity index (χ3n) is 3.25. The van der Waals surface area contributed by atoms with Crippen molar-refractivity contribution in [3.8, 4) is 11.4 Å². The number of halogens is 1. The molecule has 2 aromatic carbocycles. The summed E-state index contributed by atoms with van der Waals surface area (Å²) in [5.41, 5.74) is 3.20. The minimum atomic E-state index is -3.31. The van der Waals surface area contributed by atoms with Crippen molar-refractivity contribution in [3.05, 3.63) is 46.4 Å². The number of benzene rings is 2. The molecule has 0 aliphatic rings. The Labute approximate surface area is 131 Å². The Morgan fingerprint density at radius 2 is 1.95 bits per heavy atom. The van der Waals surface area contributed by atoms with E-state index in [1.165, 1.54) is 6.26 Å². The molecule has 3 aromatic rings. The first kappa shape index (κ1) is 14.3. The molecule has 0 aliphatic carbocycles. The molecule has 0 spiro atoms. The molecule has 1 N–H and O–H groups in total. The van der Waals surface area contributed by atoms with E-state index in [4.69, 9.17) is 0 Å². The van der Waals surface area contributed by atoms with Gasteiger partial charge < -0.3 is 4.98 Å². The molecule has 0 saturated heterocycles. The molecule has 3 rings (SSSR count). The summed E-state index contributed by atoms with van der Waals surface area (Å²) in [6.45, 7) is 2.00. The summed E-state index contributed by atoms with van der Waals surface area (Å²) < 4.78 is 24.6. The standard InChI is InChI=1S/C15H13BrN2O2S/c1-9-6-7-11(16)10(8-9)15-17-12-4-3-5-13(14(12)18-15)21(2,19)20/h3-8H,1-2H3,(H,17,18). The molecule has 1 heterocycles. The number of nitrogens with one attached hydrogen (secondary N) is 1. The third-order valence-corrected chi connectivity index (χ3v) is 5.07. The van der Waals surface area contributed by atoms with E-state index in [1.807, 2.05) is 31.2 Å². The van der Waals surface area contributed by atoms with Crippen LogP contribution in [0.4, 0.5) is 0 Å². The summed E-state index contributed by atoms with van der Waals surface area (Å²) in [6, 6.07) is 11.1. The molecule has 0 atom stereocenters. The van der Waals surface area contributed by atoms with Gasteiger partial charge in [0.2, 0.25) is 0 Å². The van der Waals surface area contributed by atoms with E-state index in [1.54, 1.807) is 12.1 Å². The van der Waals surface area contributed by atoms with Gasteiger partial charge in [-0.05, 0) is 31.2 Å². The third kappa shape index (κ3) is 2.61. The molecule has 0 bridgehead atoms. The zero-order valence-corrected chi connectivity index (χ0v) is 13.9. The molecular formula is C15H13BrN2O2S. The Morgan fingerprint density at radius 1 is 1.19 bits per heavy atom. The smallest absolute Gasteiger partial charge is 0.177 e. The van der Waals surface area contributed by atoms with Crippen LogP contribution in [0.5, 0.6) is 0 Å². The van der Waals surface area contributed by atoms with Gasteiger partial charge in [0.25, 0.3) is 0 Å². The minimum absolute atomic E-state index is 0.242. The monoisotopic (exact) mass is 364 g/mol. The van der Waals surface area contributed by atoms with Gasteiger partial charge in [-0.3, -0.25) is 0 Å². The van der Waals surface area contributed by atoms with E-state index in [0.717, 1.165) is 15.6 Å². The van der Waals surface area contributed by atoms with Crippen LogP contribution in [0.3, 0.4) is 0 Å². The first-order valence-electron chi connectivity index (χ1n) is 6.31. The largest absolute Gasteiger partial charge is 0.338 e. The number of sulfone groups is 1. The second kappa shape index (κ2) is 4.96. The highest BCUT2D eigenvalue weighted by atomic mass is 79.9. The van der Waals surface area contributed by atoms with Crippen LogP contribution in [-0.4, -0.2) is 24.6 Å². The Kier molecular flexibility index (Phi) is 3.37. The number of H-pyrrole nitrogens is 1. The molecule has 6 heteroatoms. The van der Waals surface area contributed by atoms with Crippen LogP contribution < -0.4 is 0 Å². The van der Waals surface area contributed by atoms with Gasteiger partial charge in [0.15, 0.2) is 9.84 Å². The van der Waals surface area contributed by atoms with Crippen LogP contribution in [0, 0.1) is 6.92 Å². The summed E-state index contributed by atoms with van der Waals surface area (Å²) in [7, 11) is -3.31. The number of para-hydroxylation sites is 1. The molecule has 0 radical (unpaired) electrons. The van der Waals surface area contributed by atoms with E-state index in [9.17, 15) is 8.42 Å². The second-order valence-corrected chi connectivity index (χ2v) is 7.83. The molecule has 4 nitrogen and oxygen atoms in total. The van der Waals surface area contributed by atoms with Crippen molar-refractivity contribution in [2.75, 3.05) is 6.26 Å². The first-order chi connectivity index (χ1) is 9.86. The lowest BCUT2D eigenvalue weighted by atomic mass is 10.1. The summed E-state index contributed by atoms with van der Waals surface area (Å²) in [5, 5.41) is 0. The number of nitrogens with zero attached hydrogens (tertiary/aromatic N) is 1. The Morgan fingerprint density at radius 3 is 2.67 bits per heavy atom. The summed E-state index contributed by atoms with van der Waals surface area (Å²) in [6.07, 6.45) is 1.19. The maximum absolute atomic E-state index is 11.9. The molecule has 108 valence electrons. The number of fused-ring (bicyclic) bond motifs is 1. The van der Waals surface area contributed by atoms with Crippen LogP contribution in [0.2, 0.25) is 0 Å². The topological polar surface area (TPSA) is 62.8 Å². The van der Waals surface area contributed by atoms with Gasteiger partial charge in [-0.2, -0.15) is 0 Å². The number of aromatic amines is 1. The van der Waals surface area contributed by atoms with Gasteiger partial charge in [-0.1, -0.05) is 33.6 Å². The second-order valence-electron chi connectivity index (χ2n) is 4.99. The van der Waals surface area contributed by atoms with Crippen molar-refractivity contribution in [2.24, 2.45) is 0 Å². The van der Waals surface area contributed by atoms with Gasteiger partial charge in [0.05, 0.1) is 10.4 Å². The average Bonchev–Trinajstić information content (AvgIpc) is 2.83. The first-order valence-corrected chi connectivity index (χ1v) is 9.00. The van der Waals surface area contributed by atoms with Crippen molar-refractivity contribution in [1.29, 1.82) is 0 Å². The molecule has 0 saturated carbocycles. The summed E-state index contributed by atoms with van der Waals surface area (Å²) in [5.74, 6) is 0.650. The lowest BCUT2D eigenvalue weighted by Crippen LogP contribution is -1.97. The average molecular weight is 365 g/mol. The van der Waals surface area contributed by atoms with E-state index in [0.29, 0.717) is 16.9 Å². The fraction of sp³-hybridized carbons (Fsp3) is 0.133. The number of hydrogen-bond donors (Lipinski definition) is 1. The SMILES string of the molecule is Cc1ccc(Br)c(-c2nc3c(S(C)(=O)=O)cccc3[nH]2)c1. The molecule has 21 heavy (non-hydrogen) atoms. The maximum Gasteiger partial charge on any atom is 0.177 e. The highest BCUT2D eigenvalue weighted by molar-refractivity contribution is 9.10. The van der Waals surface area contributed by atoms with Crippen molar-refractivity contribution in [1.82, 2.24) is 9.97 Å². The van der Waals surface area contributed by atoms with Gasteiger partial charge >= 0.3 is 0 Å². The van der Waals surface area contributed by atoms with Crippen molar-refractivity contribution in [3.63, 3.8) is 0 Å². The molecular weight excluding hydrogens is 352 g/mol. The van der Waals surface area contributed by atoms with Crippen molar-refractivity contribution in [2.45, 2.75) is 11.8 Å². The Bertz CT molecular complexity index is 945. The fourth-order valence-electron chi connectivity index (χ4n) is 2.25. The number of aromatic nitrogens is 2. The zero-order valence-electron chi connectivity index (χ0n) is 11.5. The van der Waals surface area contributed by atoms with Gasteiger partial charge in [0, 0.05) is 16.3 Å². The number of imidazole rings is 1. The van der Waals surface area contributed by atoms with Crippen LogP contribution in [0.1, 0.15) is 5.56 Å². The number of rotatable bonds is 2. The number of hydrogen-bond acceptors (Lipinski definition) is 3. The zero-order chi connectivity index (χ0) is 15.2. The van der Waals surface area contributed by atoms with E-state index >= 15 is 0 Å². The van der Waals surface area contributed by atoms with Crippen molar-refractivity contribution >= 4 is 36.8 Å². The Balaban J connectivity index is 2.30. The summed E-state index contributed by atoms with van der Waals surface area (Å²) >= 11 is 3.50. The predicted octanol–water partition coefficient (Wildman–Crippen LogP) is 3.70. The van der Waals surface area contributed by atoms with Crippen LogP contribution >= 0.6 is 15.9 Å². The highest BCUT2D eigenvalue weighted by Crippen LogP contribution is 2.30. The fourth-order valence-corrected chi connectivity index (χ4v) is 3.52. The van der Waals surface area contributed by atoms with Crippen LogP contribution in [-0.2, 0) is 9.84 Å². The van der Waals surface area contributed by atoms with Crippen LogP contribution in [0.25, 0.3) is 22.4 Å². The summed E-state index contributed by atoms with van der Waals surface area (Å²) in [4.78, 5) is 7.92. The predicted molar refractivity (Wildman–Crippen MR) is 87.1 cm³/mol. The maximum atomic E-state index is 11.9. The lowest BCUT2D eigenvalue weighted by molar-refractivity contribution is 0.602.